The zero-order valence-electron chi connectivity index (χ0n) is 23.9. The van der Waals surface area contributed by atoms with E-state index < -0.39 is 90.4 Å². The Hall–Kier alpha value is -3.46. The molecule has 15 nitrogen and oxygen atoms in total. The van der Waals surface area contributed by atoms with Crippen molar-refractivity contribution in [3.8, 4) is 0 Å². The Bertz CT molecular complexity index is 997. The fourth-order valence-corrected chi connectivity index (χ4v) is 4.57. The zero-order valence-corrected chi connectivity index (χ0v) is 23.9. The Kier molecular flexibility index (Phi) is 10.5. The predicted molar refractivity (Wildman–Crippen MR) is 132 cm³/mol. The normalized spacial score (nSPS) is 29.9. The molecular formula is C25H38N2O13. The number of nitrogens with one attached hydrogen (secondary N) is 2. The molecule has 40 heavy (non-hydrogen) atoms. The van der Waals surface area contributed by atoms with Gasteiger partial charge in [0, 0.05) is 34.1 Å². The van der Waals surface area contributed by atoms with E-state index in [1.807, 2.05) is 0 Å². The number of ether oxygens (including phenoxy) is 7. The Labute approximate surface area is 231 Å². The summed E-state index contributed by atoms with van der Waals surface area (Å²) in [6.45, 7) is 8.61. The molecule has 2 N–H and O–H groups in total. The highest BCUT2D eigenvalue weighted by atomic mass is 16.7. The predicted octanol–water partition coefficient (Wildman–Crippen LogP) is 0.260. The lowest BCUT2D eigenvalue weighted by atomic mass is 9.81. The number of hydrogen-bond acceptors (Lipinski definition) is 13. The summed E-state index contributed by atoms with van der Waals surface area (Å²) in [4.78, 5) is 73.4. The molecule has 2 rings (SSSR count). The molecule has 15 heteroatoms. The monoisotopic (exact) mass is 574 g/mol. The molecule has 0 radical (unpaired) electrons. The molecule has 2 heterocycles. The van der Waals surface area contributed by atoms with E-state index in [1.165, 1.54) is 6.92 Å². The molecule has 0 saturated carbocycles. The Morgan fingerprint density at radius 1 is 0.900 bits per heavy atom. The van der Waals surface area contributed by atoms with Gasteiger partial charge in [-0.1, -0.05) is 0 Å². The van der Waals surface area contributed by atoms with Crippen LogP contribution in [-0.2, 0) is 57.1 Å². The van der Waals surface area contributed by atoms with Crippen molar-refractivity contribution < 1.29 is 61.9 Å². The van der Waals surface area contributed by atoms with Crippen molar-refractivity contribution in [2.24, 2.45) is 0 Å². The van der Waals surface area contributed by atoms with Gasteiger partial charge in [-0.25, -0.2) is 9.59 Å². The molecule has 1 spiro atoms. The van der Waals surface area contributed by atoms with Crippen LogP contribution in [0.3, 0.4) is 0 Å². The average Bonchev–Trinajstić information content (AvgIpc) is 2.81. The summed E-state index contributed by atoms with van der Waals surface area (Å²) in [5.41, 5.74) is -2.57. The largest absolute Gasteiger partial charge is 0.467 e. The van der Waals surface area contributed by atoms with Gasteiger partial charge in [-0.15, -0.1) is 0 Å². The summed E-state index contributed by atoms with van der Waals surface area (Å²) >= 11 is 0. The van der Waals surface area contributed by atoms with Crippen molar-refractivity contribution in [3.63, 3.8) is 0 Å². The van der Waals surface area contributed by atoms with E-state index in [-0.39, 0.29) is 12.8 Å². The third-order valence-corrected chi connectivity index (χ3v) is 6.04. The maximum Gasteiger partial charge on any atom is 0.408 e. The molecule has 2 aliphatic rings. The van der Waals surface area contributed by atoms with Crippen LogP contribution in [0.4, 0.5) is 4.79 Å². The minimum atomic E-state index is -1.79. The van der Waals surface area contributed by atoms with Gasteiger partial charge in [0.05, 0.1) is 13.7 Å². The number of carbonyl (C=O) groups is 6. The quantitative estimate of drug-likeness (QED) is 0.311. The third kappa shape index (κ3) is 8.27. The van der Waals surface area contributed by atoms with Gasteiger partial charge >= 0.3 is 30.0 Å². The van der Waals surface area contributed by atoms with Crippen molar-refractivity contribution in [2.45, 2.75) is 103 Å². The summed E-state index contributed by atoms with van der Waals surface area (Å²) in [6.07, 6.45) is -5.11. The molecule has 2 aliphatic heterocycles. The van der Waals surface area contributed by atoms with E-state index in [0.717, 1.165) is 27.9 Å². The van der Waals surface area contributed by atoms with Crippen LogP contribution in [0.15, 0.2) is 0 Å². The SMILES string of the molecule is COC(=O)[C@]1(NC(=O)OC(C)(C)C)CC[C@]2(OC1)O[C@H](COC(C)=O)[C@H](OC(C)=O)[C@H](OC(C)=O)[C@H]2NC(C)=O. The highest BCUT2D eigenvalue weighted by Gasteiger charge is 2.63. The molecule has 0 bridgehead atoms. The van der Waals surface area contributed by atoms with Crippen molar-refractivity contribution in [3.05, 3.63) is 0 Å². The standard InChI is InChI=1S/C25H38N2O13/c1-13(28)26-20-19(38-16(4)31)18(37-15(3)30)17(11-35-14(2)29)39-25(20)10-9-24(12-36-25,21(32)34-8)27-22(33)40-23(5,6)7/h17-20H,9-12H2,1-8H3,(H,26,28)(H,27,33)/t17-,18+,19+,20-,24+,25+/m1/s1. The summed E-state index contributed by atoms with van der Waals surface area (Å²) < 4.78 is 38.6. The second-order valence-corrected chi connectivity index (χ2v) is 10.6. The summed E-state index contributed by atoms with van der Waals surface area (Å²) in [6, 6.07) is -1.26. The van der Waals surface area contributed by atoms with Crippen molar-refractivity contribution in [2.75, 3.05) is 20.3 Å². The van der Waals surface area contributed by atoms with Gasteiger partial charge < -0.3 is 43.8 Å². The average molecular weight is 575 g/mol. The molecule has 226 valence electrons. The first-order chi connectivity index (χ1) is 18.4. The van der Waals surface area contributed by atoms with Gasteiger partial charge in [-0.3, -0.25) is 19.2 Å². The van der Waals surface area contributed by atoms with E-state index in [0.29, 0.717) is 0 Å². The van der Waals surface area contributed by atoms with Crippen molar-refractivity contribution >= 4 is 35.9 Å². The maximum atomic E-state index is 12.9. The summed E-state index contributed by atoms with van der Waals surface area (Å²) in [5, 5.41) is 5.15. The smallest absolute Gasteiger partial charge is 0.408 e. The third-order valence-electron chi connectivity index (χ3n) is 6.04. The molecule has 0 aromatic heterocycles. The number of hydrogen-bond donors (Lipinski definition) is 2. The Balaban J connectivity index is 2.53. The number of methoxy groups -OCH3 is 1. The van der Waals surface area contributed by atoms with Crippen LogP contribution in [0.25, 0.3) is 0 Å². The number of rotatable bonds is 7. The second-order valence-electron chi connectivity index (χ2n) is 10.6. The van der Waals surface area contributed by atoms with Crippen LogP contribution in [0.2, 0.25) is 0 Å². The fraction of sp³-hybridized carbons (Fsp3) is 0.760. The molecule has 0 unspecified atom stereocenters. The Morgan fingerprint density at radius 3 is 1.95 bits per heavy atom. The maximum absolute atomic E-state index is 12.9. The first kappa shape index (κ1) is 32.8. The van der Waals surface area contributed by atoms with Gasteiger partial charge in [-0.05, 0) is 27.2 Å². The fourth-order valence-electron chi connectivity index (χ4n) is 4.57. The van der Waals surface area contributed by atoms with Crippen molar-refractivity contribution in [1.82, 2.24) is 10.6 Å². The molecule has 2 amide bonds. The van der Waals surface area contributed by atoms with E-state index in [4.69, 9.17) is 33.2 Å². The van der Waals surface area contributed by atoms with E-state index in [9.17, 15) is 28.8 Å². The van der Waals surface area contributed by atoms with Gasteiger partial charge in [-0.2, -0.15) is 0 Å². The molecule has 6 atom stereocenters. The lowest BCUT2D eigenvalue weighted by Gasteiger charge is -2.55. The highest BCUT2D eigenvalue weighted by Crippen LogP contribution is 2.42. The van der Waals surface area contributed by atoms with Crippen LogP contribution in [0, 0.1) is 0 Å². The van der Waals surface area contributed by atoms with Crippen molar-refractivity contribution in [1.29, 1.82) is 0 Å². The summed E-state index contributed by atoms with van der Waals surface area (Å²) in [7, 11) is 1.14. The van der Waals surface area contributed by atoms with Gasteiger partial charge in [0.1, 0.15) is 24.4 Å². The topological polar surface area (TPSA) is 191 Å². The second kappa shape index (κ2) is 12.8. The van der Waals surface area contributed by atoms with Crippen LogP contribution < -0.4 is 10.6 Å². The van der Waals surface area contributed by atoms with Gasteiger partial charge in [0.15, 0.2) is 23.5 Å². The number of amides is 2. The number of esters is 4. The molecule has 0 aliphatic carbocycles. The van der Waals surface area contributed by atoms with Crippen LogP contribution in [0.1, 0.15) is 61.3 Å². The summed E-state index contributed by atoms with van der Waals surface area (Å²) in [5.74, 6) is -5.38. The van der Waals surface area contributed by atoms with Gasteiger partial charge in [0.25, 0.3) is 0 Å². The van der Waals surface area contributed by atoms with Gasteiger partial charge in [0.2, 0.25) is 5.91 Å². The molecule has 0 aromatic carbocycles. The first-order valence-corrected chi connectivity index (χ1v) is 12.6. The highest BCUT2D eigenvalue weighted by molar-refractivity contribution is 5.86. The minimum Gasteiger partial charge on any atom is -0.467 e. The molecule has 2 fully saturated rings. The van der Waals surface area contributed by atoms with Crippen LogP contribution >= 0.6 is 0 Å². The molecule has 0 aromatic rings. The number of carbonyl (C=O) groups excluding carboxylic acids is 6. The lowest BCUT2D eigenvalue weighted by Crippen LogP contribution is -2.75. The molecule has 2 saturated heterocycles. The van der Waals surface area contributed by atoms with E-state index in [1.54, 1.807) is 20.8 Å². The Morgan fingerprint density at radius 2 is 1.50 bits per heavy atom. The molecular weight excluding hydrogens is 536 g/mol. The van der Waals surface area contributed by atoms with Crippen LogP contribution in [-0.4, -0.2) is 97.5 Å². The lowest BCUT2D eigenvalue weighted by molar-refractivity contribution is -0.353. The zero-order chi connectivity index (χ0) is 30.5. The first-order valence-electron chi connectivity index (χ1n) is 12.6. The van der Waals surface area contributed by atoms with E-state index >= 15 is 0 Å². The van der Waals surface area contributed by atoms with E-state index in [2.05, 4.69) is 10.6 Å². The van der Waals surface area contributed by atoms with Crippen LogP contribution in [0.5, 0.6) is 0 Å². The number of alkyl carbamates (subject to hydrolysis) is 1. The minimum absolute atomic E-state index is 0.139.